The van der Waals surface area contributed by atoms with Gasteiger partial charge >= 0.3 is 6.09 Å². The van der Waals surface area contributed by atoms with Crippen LogP contribution in [-0.4, -0.2) is 56.5 Å². The molecular weight excluding hydrogens is 602 g/mol. The average molecular weight is 643 g/mol. The van der Waals surface area contributed by atoms with Gasteiger partial charge < -0.3 is 19.4 Å². The lowest BCUT2D eigenvalue weighted by atomic mass is 9.86. The number of nitrogens with one attached hydrogen (secondary N) is 2. The highest BCUT2D eigenvalue weighted by Crippen LogP contribution is 2.49. The number of ether oxygens (including phenoxy) is 1. The number of halogens is 1. The Hall–Kier alpha value is -2.82. The summed E-state index contributed by atoms with van der Waals surface area (Å²) in [6, 6.07) is 17.6. The van der Waals surface area contributed by atoms with Crippen molar-refractivity contribution in [2.75, 3.05) is 13.6 Å². The SMILES string of the molecule is CN(CCc1ccccc1)C(=O)CC[Si](C=O)NC(=O)[C@H](CC1CCCCC1)SNC(=O)OC1(c2cccc(Cl)c2)CC1. The smallest absolute Gasteiger partial charge is 0.418 e. The molecule has 2 aliphatic rings. The van der Waals surface area contributed by atoms with Gasteiger partial charge in [-0.25, -0.2) is 4.79 Å². The molecule has 0 spiro atoms. The first-order valence-corrected chi connectivity index (χ1v) is 18.1. The number of hydrogen-bond acceptors (Lipinski definition) is 6. The minimum absolute atomic E-state index is 0.0548. The molecule has 11 heteroatoms. The summed E-state index contributed by atoms with van der Waals surface area (Å²) in [5.74, 6) is 0.826. The predicted octanol–water partition coefficient (Wildman–Crippen LogP) is 6.01. The van der Waals surface area contributed by atoms with Crippen molar-refractivity contribution >= 4 is 56.3 Å². The summed E-state index contributed by atoms with van der Waals surface area (Å²) in [4.78, 5) is 55.5. The van der Waals surface area contributed by atoms with E-state index in [0.29, 0.717) is 42.8 Å². The van der Waals surface area contributed by atoms with Gasteiger partial charge in [-0.05, 0) is 72.9 Å². The molecule has 2 aromatic carbocycles. The summed E-state index contributed by atoms with van der Waals surface area (Å²) in [7, 11) is -0.194. The molecule has 2 aliphatic carbocycles. The van der Waals surface area contributed by atoms with Gasteiger partial charge in [0.15, 0.2) is 0 Å². The minimum atomic E-state index is -1.96. The zero-order valence-corrected chi connectivity index (χ0v) is 27.3. The van der Waals surface area contributed by atoms with Crippen molar-refractivity contribution in [1.82, 2.24) is 14.6 Å². The second kappa shape index (κ2) is 16.3. The van der Waals surface area contributed by atoms with E-state index < -0.39 is 25.9 Å². The van der Waals surface area contributed by atoms with Crippen LogP contribution in [0.2, 0.25) is 11.1 Å². The van der Waals surface area contributed by atoms with E-state index in [9.17, 15) is 19.2 Å². The first kappa shape index (κ1) is 33.1. The monoisotopic (exact) mass is 642 g/mol. The van der Waals surface area contributed by atoms with Crippen LogP contribution in [-0.2, 0) is 31.1 Å². The second-order valence-corrected chi connectivity index (χ2v) is 15.0. The van der Waals surface area contributed by atoms with Gasteiger partial charge in [0.05, 0.1) is 0 Å². The molecule has 3 amide bonds. The zero-order chi connectivity index (χ0) is 30.7. The van der Waals surface area contributed by atoms with Gasteiger partial charge in [0.25, 0.3) is 0 Å². The first-order chi connectivity index (χ1) is 20.8. The maximum absolute atomic E-state index is 13.4. The molecular formula is C32H41ClN3O5SSi. The number of carbonyl (C=O) groups is 4. The number of hydrogen-bond donors (Lipinski definition) is 2. The quantitative estimate of drug-likeness (QED) is 0.140. The average Bonchev–Trinajstić information content (AvgIpc) is 3.81. The molecule has 0 saturated heterocycles. The molecule has 43 heavy (non-hydrogen) atoms. The Morgan fingerprint density at radius 2 is 1.86 bits per heavy atom. The van der Waals surface area contributed by atoms with E-state index in [-0.39, 0.29) is 18.2 Å². The van der Waals surface area contributed by atoms with Gasteiger partial charge in [0.1, 0.15) is 16.8 Å². The summed E-state index contributed by atoms with van der Waals surface area (Å²) in [5, 5.41) is 0.0147. The fourth-order valence-corrected chi connectivity index (χ4v) is 7.86. The standard InChI is InChI=1S/C32H41ClN3O5SSi/c1-36(19-15-24-9-4-2-5-10-24)29(38)16-20-43(23-37)35-30(39)28(21-25-11-6-3-7-12-25)42-34-31(40)41-32(17-18-32)26-13-8-14-27(33)22-26/h2,4-5,8-10,13-14,22-23,25,28H,3,6-7,11-12,15-21H2,1H3,(H,34,40)(H,35,39)/t28-/m0/s1. The number of nitrogens with zero attached hydrogens (tertiary/aromatic N) is 1. The normalized spacial score (nSPS) is 16.6. The summed E-state index contributed by atoms with van der Waals surface area (Å²) >= 11 is 7.19. The fourth-order valence-electron chi connectivity index (χ4n) is 5.48. The Morgan fingerprint density at radius 1 is 1.12 bits per heavy atom. The molecule has 8 nitrogen and oxygen atoms in total. The van der Waals surface area contributed by atoms with E-state index in [1.165, 1.54) is 6.42 Å². The van der Waals surface area contributed by atoms with E-state index in [4.69, 9.17) is 16.3 Å². The van der Waals surface area contributed by atoms with Crippen LogP contribution in [0.3, 0.4) is 0 Å². The summed E-state index contributed by atoms with van der Waals surface area (Å²) in [6.07, 6.45) is 7.91. The van der Waals surface area contributed by atoms with Crippen LogP contribution >= 0.6 is 23.5 Å². The van der Waals surface area contributed by atoms with Crippen LogP contribution in [0.1, 0.15) is 68.9 Å². The van der Waals surface area contributed by atoms with E-state index in [2.05, 4.69) is 9.70 Å². The van der Waals surface area contributed by atoms with Crippen LogP contribution in [0, 0.1) is 5.92 Å². The molecule has 0 heterocycles. The number of likely N-dealkylation sites (N-methyl/N-ethyl adjacent to an activating group) is 1. The highest BCUT2D eigenvalue weighted by molar-refractivity contribution is 7.99. The van der Waals surface area contributed by atoms with Crippen LogP contribution in [0.4, 0.5) is 4.79 Å². The summed E-state index contributed by atoms with van der Waals surface area (Å²) in [6.45, 7) is 0.582. The van der Waals surface area contributed by atoms with Crippen LogP contribution in [0.15, 0.2) is 54.6 Å². The van der Waals surface area contributed by atoms with Gasteiger partial charge in [0.2, 0.25) is 20.8 Å². The van der Waals surface area contributed by atoms with E-state index in [0.717, 1.165) is 61.1 Å². The maximum Gasteiger partial charge on any atom is 0.418 e. The molecule has 2 saturated carbocycles. The largest absolute Gasteiger partial charge is 0.437 e. The lowest BCUT2D eigenvalue weighted by molar-refractivity contribution is -0.129. The van der Waals surface area contributed by atoms with Crippen molar-refractivity contribution in [2.45, 2.75) is 81.1 Å². The van der Waals surface area contributed by atoms with Gasteiger partial charge in [-0.3, -0.25) is 14.3 Å². The van der Waals surface area contributed by atoms with E-state index in [1.807, 2.05) is 48.5 Å². The van der Waals surface area contributed by atoms with Crippen LogP contribution in [0.25, 0.3) is 0 Å². The third-order valence-corrected chi connectivity index (χ3v) is 11.1. The Labute approximate surface area is 265 Å². The number of carbonyl (C=O) groups excluding carboxylic acids is 4. The lowest BCUT2D eigenvalue weighted by Gasteiger charge is -2.26. The molecule has 2 aromatic rings. The molecule has 0 unspecified atom stereocenters. The van der Waals surface area contributed by atoms with Crippen molar-refractivity contribution in [3.8, 4) is 0 Å². The Morgan fingerprint density at radius 3 is 2.53 bits per heavy atom. The Balaban J connectivity index is 1.28. The van der Waals surface area contributed by atoms with Gasteiger partial charge in [0, 0.05) is 25.0 Å². The molecule has 4 rings (SSSR count). The molecule has 0 aliphatic heterocycles. The first-order valence-electron chi connectivity index (χ1n) is 15.1. The van der Waals surface area contributed by atoms with Crippen LogP contribution in [0.5, 0.6) is 0 Å². The topological polar surface area (TPSA) is 105 Å². The molecule has 0 aromatic heterocycles. The maximum atomic E-state index is 13.4. The van der Waals surface area contributed by atoms with Crippen molar-refractivity contribution in [3.05, 3.63) is 70.7 Å². The third kappa shape index (κ3) is 10.4. The molecule has 2 fully saturated rings. The molecule has 0 bridgehead atoms. The van der Waals surface area contributed by atoms with Crippen molar-refractivity contribution < 1.29 is 23.9 Å². The summed E-state index contributed by atoms with van der Waals surface area (Å²) < 4.78 is 8.54. The molecule has 1 atom stereocenters. The lowest BCUT2D eigenvalue weighted by Crippen LogP contribution is -2.46. The van der Waals surface area contributed by atoms with Crippen molar-refractivity contribution in [1.29, 1.82) is 0 Å². The molecule has 2 N–H and O–H groups in total. The Bertz CT molecular complexity index is 1240. The van der Waals surface area contributed by atoms with E-state index >= 15 is 0 Å². The van der Waals surface area contributed by atoms with Gasteiger partial charge in [-0.15, -0.1) is 0 Å². The molecule has 1 radical (unpaired) electrons. The number of benzene rings is 2. The molecule has 231 valence electrons. The highest BCUT2D eigenvalue weighted by Gasteiger charge is 2.49. The zero-order valence-electron chi connectivity index (χ0n) is 24.7. The predicted molar refractivity (Wildman–Crippen MR) is 172 cm³/mol. The number of amides is 3. The van der Waals surface area contributed by atoms with Crippen molar-refractivity contribution in [3.63, 3.8) is 0 Å². The van der Waals surface area contributed by atoms with Gasteiger partial charge in [-0.1, -0.05) is 86.2 Å². The third-order valence-electron chi connectivity index (χ3n) is 8.23. The highest BCUT2D eigenvalue weighted by atomic mass is 35.5. The van der Waals surface area contributed by atoms with Gasteiger partial charge in [-0.2, -0.15) is 0 Å². The van der Waals surface area contributed by atoms with Crippen molar-refractivity contribution in [2.24, 2.45) is 5.92 Å². The second-order valence-electron chi connectivity index (χ2n) is 11.5. The van der Waals surface area contributed by atoms with Crippen LogP contribution < -0.4 is 9.70 Å². The number of rotatable bonds is 15. The van der Waals surface area contributed by atoms with E-state index in [1.54, 1.807) is 18.0 Å². The summed E-state index contributed by atoms with van der Waals surface area (Å²) in [5.41, 5.74) is 1.32. The Kier molecular flexibility index (Phi) is 12.5. The minimum Gasteiger partial charge on any atom is -0.437 e. The fraction of sp³-hybridized carbons (Fsp3) is 0.500.